The van der Waals surface area contributed by atoms with Crippen LogP contribution in [0.15, 0.2) is 35.4 Å². The van der Waals surface area contributed by atoms with Crippen LogP contribution in [0.2, 0.25) is 0 Å². The van der Waals surface area contributed by atoms with Crippen molar-refractivity contribution in [2.45, 2.75) is 6.42 Å². The van der Waals surface area contributed by atoms with E-state index in [1.807, 2.05) is 30.3 Å². The number of hydrogen-bond donors (Lipinski definition) is 0. The molecule has 0 aliphatic heterocycles. The molecule has 0 aliphatic carbocycles. The molecule has 0 amide bonds. The van der Waals surface area contributed by atoms with Crippen LogP contribution in [0, 0.1) is 0 Å². The number of carbonyl (C=O) groups excluding carboxylic acids is 1. The highest BCUT2D eigenvalue weighted by Crippen LogP contribution is 2.08. The van der Waals surface area contributed by atoms with Crippen LogP contribution < -0.4 is 4.74 Å². The molecule has 0 aliphatic rings. The predicted molar refractivity (Wildman–Crippen MR) is 61.5 cm³/mol. The number of esters is 1. The van der Waals surface area contributed by atoms with Crippen LogP contribution in [0.5, 0.6) is 5.75 Å². The Hall–Kier alpha value is -2.20. The molecule has 0 radical (unpaired) electrons. The van der Waals surface area contributed by atoms with Gasteiger partial charge in [-0.05, 0) is 17.7 Å². The summed E-state index contributed by atoms with van der Waals surface area (Å²) in [5.41, 5.74) is 7.98. The first-order chi connectivity index (χ1) is 8.33. The molecule has 0 fully saturated rings. The van der Waals surface area contributed by atoms with Crippen LogP contribution in [0.3, 0.4) is 0 Å². The van der Waals surface area contributed by atoms with E-state index in [1.54, 1.807) is 0 Å². The lowest BCUT2D eigenvalue weighted by Gasteiger charge is -2.06. The Bertz CT molecular complexity index is 388. The van der Waals surface area contributed by atoms with Gasteiger partial charge in [0, 0.05) is 11.3 Å². The third-order valence-electron chi connectivity index (χ3n) is 1.83. The minimum Gasteiger partial charge on any atom is -0.493 e. The van der Waals surface area contributed by atoms with E-state index in [0.717, 1.165) is 5.75 Å². The first-order valence-corrected chi connectivity index (χ1v) is 5.17. The molecule has 1 rings (SSSR count). The van der Waals surface area contributed by atoms with E-state index in [4.69, 9.17) is 15.0 Å². The van der Waals surface area contributed by atoms with Gasteiger partial charge in [0.25, 0.3) is 0 Å². The number of carbonyl (C=O) groups is 1. The van der Waals surface area contributed by atoms with Crippen molar-refractivity contribution < 1.29 is 14.3 Å². The Kier molecular flexibility index (Phi) is 6.06. The molecule has 0 N–H and O–H groups in total. The Labute approximate surface area is 98.8 Å². The number of azide groups is 1. The summed E-state index contributed by atoms with van der Waals surface area (Å²) in [6, 6.07) is 9.39. The number of para-hydroxylation sites is 1. The number of nitrogens with zero attached hydrogens (tertiary/aromatic N) is 3. The summed E-state index contributed by atoms with van der Waals surface area (Å²) < 4.78 is 10.2. The fourth-order valence-corrected chi connectivity index (χ4v) is 1.09. The maximum absolute atomic E-state index is 10.9. The van der Waals surface area contributed by atoms with Crippen molar-refractivity contribution in [2.75, 3.05) is 19.8 Å². The van der Waals surface area contributed by atoms with Crippen molar-refractivity contribution in [1.29, 1.82) is 0 Å². The number of benzene rings is 1. The smallest absolute Gasteiger partial charge is 0.311 e. The molecular formula is C11H13N3O3. The molecule has 1 aromatic rings. The van der Waals surface area contributed by atoms with Crippen molar-refractivity contribution in [1.82, 2.24) is 0 Å². The Balaban J connectivity index is 2.05. The van der Waals surface area contributed by atoms with Crippen LogP contribution in [0.25, 0.3) is 10.4 Å². The normalized spacial score (nSPS) is 9.18. The molecule has 1 aromatic carbocycles. The minimum atomic E-state index is -0.525. The first kappa shape index (κ1) is 12.9. The molecule has 90 valence electrons. The summed E-state index contributed by atoms with van der Waals surface area (Å²) in [4.78, 5) is 13.4. The largest absolute Gasteiger partial charge is 0.493 e. The van der Waals surface area contributed by atoms with Gasteiger partial charge < -0.3 is 9.47 Å². The van der Waals surface area contributed by atoms with Gasteiger partial charge in [-0.3, -0.25) is 4.79 Å². The fourth-order valence-electron chi connectivity index (χ4n) is 1.09. The second kappa shape index (κ2) is 8.01. The van der Waals surface area contributed by atoms with Crippen molar-refractivity contribution in [3.63, 3.8) is 0 Å². The standard InChI is InChI=1S/C11H13N3O3/c12-14-13-9-11(15)17-8-4-7-16-10-5-2-1-3-6-10/h1-3,5-6H,4,7-9H2. The SMILES string of the molecule is [N-]=[N+]=NCC(=O)OCCCOc1ccccc1. The zero-order valence-electron chi connectivity index (χ0n) is 9.28. The van der Waals surface area contributed by atoms with Crippen LogP contribution in [-0.4, -0.2) is 25.7 Å². The molecule has 0 atom stereocenters. The molecule has 6 nitrogen and oxygen atoms in total. The van der Waals surface area contributed by atoms with Gasteiger partial charge in [-0.2, -0.15) is 0 Å². The van der Waals surface area contributed by atoms with Crippen molar-refractivity contribution in [3.05, 3.63) is 40.8 Å². The zero-order valence-corrected chi connectivity index (χ0v) is 9.28. The maximum atomic E-state index is 10.9. The van der Waals surface area contributed by atoms with Gasteiger partial charge in [0.1, 0.15) is 12.3 Å². The molecule has 6 heteroatoms. The van der Waals surface area contributed by atoms with Gasteiger partial charge in [0.15, 0.2) is 0 Å². The van der Waals surface area contributed by atoms with Crippen LogP contribution in [-0.2, 0) is 9.53 Å². The van der Waals surface area contributed by atoms with E-state index in [-0.39, 0.29) is 13.2 Å². The molecule has 0 spiro atoms. The Morgan fingerprint density at radius 2 is 2.06 bits per heavy atom. The van der Waals surface area contributed by atoms with Gasteiger partial charge in [0.05, 0.1) is 13.2 Å². The second-order valence-corrected chi connectivity index (χ2v) is 3.12. The molecule has 0 bridgehead atoms. The summed E-state index contributed by atoms with van der Waals surface area (Å²) in [5.74, 6) is 0.260. The van der Waals surface area contributed by atoms with E-state index in [1.165, 1.54) is 0 Å². The fraction of sp³-hybridized carbons (Fsp3) is 0.364. The van der Waals surface area contributed by atoms with Gasteiger partial charge >= 0.3 is 5.97 Å². The topological polar surface area (TPSA) is 84.3 Å². The van der Waals surface area contributed by atoms with Crippen LogP contribution in [0.4, 0.5) is 0 Å². The third kappa shape index (κ3) is 6.06. The van der Waals surface area contributed by atoms with Crippen molar-refractivity contribution in [2.24, 2.45) is 5.11 Å². The van der Waals surface area contributed by atoms with E-state index >= 15 is 0 Å². The van der Waals surface area contributed by atoms with E-state index in [2.05, 4.69) is 10.0 Å². The van der Waals surface area contributed by atoms with Gasteiger partial charge in [0.2, 0.25) is 0 Å². The summed E-state index contributed by atoms with van der Waals surface area (Å²) >= 11 is 0. The highest BCUT2D eigenvalue weighted by Gasteiger charge is 1.99. The van der Waals surface area contributed by atoms with Gasteiger partial charge in [-0.15, -0.1) is 0 Å². The van der Waals surface area contributed by atoms with E-state index in [9.17, 15) is 4.79 Å². The lowest BCUT2D eigenvalue weighted by Crippen LogP contribution is -2.11. The Morgan fingerprint density at radius 3 is 2.76 bits per heavy atom. The number of rotatable bonds is 7. The molecule has 0 saturated carbocycles. The van der Waals surface area contributed by atoms with Gasteiger partial charge in [-0.25, -0.2) is 0 Å². The number of hydrogen-bond acceptors (Lipinski definition) is 4. The third-order valence-corrected chi connectivity index (χ3v) is 1.83. The quantitative estimate of drug-likeness (QED) is 0.239. The molecule has 0 unspecified atom stereocenters. The predicted octanol–water partition coefficient (Wildman–Crippen LogP) is 2.31. The molecular weight excluding hydrogens is 222 g/mol. The summed E-state index contributed by atoms with van der Waals surface area (Å²) in [7, 11) is 0. The minimum absolute atomic E-state index is 0.257. The Morgan fingerprint density at radius 1 is 1.29 bits per heavy atom. The van der Waals surface area contributed by atoms with Crippen LogP contribution >= 0.6 is 0 Å². The van der Waals surface area contributed by atoms with Crippen molar-refractivity contribution >= 4 is 5.97 Å². The van der Waals surface area contributed by atoms with Crippen LogP contribution in [0.1, 0.15) is 6.42 Å². The number of ether oxygens (including phenoxy) is 2. The second-order valence-electron chi connectivity index (χ2n) is 3.12. The van der Waals surface area contributed by atoms with Gasteiger partial charge in [-0.1, -0.05) is 23.3 Å². The summed E-state index contributed by atoms with van der Waals surface area (Å²) in [5, 5.41) is 3.09. The van der Waals surface area contributed by atoms with E-state index < -0.39 is 5.97 Å². The lowest BCUT2D eigenvalue weighted by molar-refractivity contribution is -0.142. The van der Waals surface area contributed by atoms with Crippen molar-refractivity contribution in [3.8, 4) is 5.75 Å². The molecule has 0 aromatic heterocycles. The first-order valence-electron chi connectivity index (χ1n) is 5.17. The monoisotopic (exact) mass is 235 g/mol. The molecule has 17 heavy (non-hydrogen) atoms. The average Bonchev–Trinajstić information content (AvgIpc) is 2.37. The highest BCUT2D eigenvalue weighted by atomic mass is 16.5. The summed E-state index contributed by atoms with van der Waals surface area (Å²) in [6.45, 7) is 0.460. The average molecular weight is 235 g/mol. The maximum Gasteiger partial charge on any atom is 0.311 e. The molecule has 0 saturated heterocycles. The summed E-state index contributed by atoms with van der Waals surface area (Å²) in [6.07, 6.45) is 0.594. The van der Waals surface area contributed by atoms with E-state index in [0.29, 0.717) is 13.0 Å². The highest BCUT2D eigenvalue weighted by molar-refractivity contribution is 5.71. The molecule has 0 heterocycles. The lowest BCUT2D eigenvalue weighted by atomic mass is 10.3. The zero-order chi connectivity index (χ0) is 12.3.